The Labute approximate surface area is 60.1 Å². The monoisotopic (exact) mass is 137 g/mol. The molecule has 1 rings (SSSR count). The maximum absolute atomic E-state index is 5.39. The Balaban J connectivity index is 2.67. The van der Waals surface area contributed by atoms with E-state index in [1.54, 1.807) is 10.7 Å². The number of nitrogens with two attached hydrogens (primary N) is 1. The van der Waals surface area contributed by atoms with Crippen LogP contribution in [0.1, 0.15) is 6.92 Å². The minimum absolute atomic E-state index is 0.557. The van der Waals surface area contributed by atoms with Crippen LogP contribution >= 0.6 is 0 Å². The van der Waals surface area contributed by atoms with E-state index in [1.807, 2.05) is 13.1 Å². The first-order valence-corrected chi connectivity index (χ1v) is 3.12. The van der Waals surface area contributed by atoms with Crippen LogP contribution in [0.2, 0.25) is 0 Å². The highest BCUT2D eigenvalue weighted by Crippen LogP contribution is 1.98. The van der Waals surface area contributed by atoms with E-state index < -0.39 is 0 Å². The van der Waals surface area contributed by atoms with Gasteiger partial charge in [0, 0.05) is 6.20 Å². The van der Waals surface area contributed by atoms with E-state index in [1.165, 1.54) is 0 Å². The van der Waals surface area contributed by atoms with Gasteiger partial charge in [0.2, 0.25) is 0 Å². The first-order chi connectivity index (χ1) is 4.68. The smallest absolute Gasteiger partial charge is 0.145 e. The lowest BCUT2D eigenvalue weighted by Gasteiger charge is -1.97. The lowest BCUT2D eigenvalue weighted by Crippen LogP contribution is -1.99. The van der Waals surface area contributed by atoms with E-state index in [-0.39, 0.29) is 0 Å². The number of hydrogen-bond acceptors (Lipinski definition) is 2. The van der Waals surface area contributed by atoms with Gasteiger partial charge in [-0.1, -0.05) is 12.2 Å². The Morgan fingerprint density at radius 1 is 1.90 bits per heavy atom. The fourth-order valence-corrected chi connectivity index (χ4v) is 0.742. The van der Waals surface area contributed by atoms with Crippen molar-refractivity contribution in [3.63, 3.8) is 0 Å². The number of anilines is 1. The highest BCUT2D eigenvalue weighted by atomic mass is 15.3. The van der Waals surface area contributed by atoms with Crippen LogP contribution in [0.5, 0.6) is 0 Å². The van der Waals surface area contributed by atoms with Gasteiger partial charge in [-0.25, -0.2) is 0 Å². The second-order valence-electron chi connectivity index (χ2n) is 2.40. The van der Waals surface area contributed by atoms with Crippen LogP contribution in [0.15, 0.2) is 24.4 Å². The number of hydrogen-bond donors (Lipinski definition) is 1. The maximum atomic E-state index is 5.39. The molecular formula is C7H11N3. The third-order valence-electron chi connectivity index (χ3n) is 1.09. The van der Waals surface area contributed by atoms with Gasteiger partial charge in [-0.3, -0.25) is 4.68 Å². The van der Waals surface area contributed by atoms with Gasteiger partial charge in [-0.2, -0.15) is 5.10 Å². The summed E-state index contributed by atoms with van der Waals surface area (Å²) in [7, 11) is 0. The molecule has 1 aromatic heterocycles. The number of aromatic nitrogens is 2. The molecule has 1 aromatic rings. The SMILES string of the molecule is C=C(C)Cn1ccc(N)n1. The molecule has 3 nitrogen and oxygen atoms in total. The summed E-state index contributed by atoms with van der Waals surface area (Å²) in [6, 6.07) is 1.77. The summed E-state index contributed by atoms with van der Waals surface area (Å²) in [5, 5.41) is 3.98. The van der Waals surface area contributed by atoms with E-state index in [9.17, 15) is 0 Å². The molecule has 0 aliphatic heterocycles. The van der Waals surface area contributed by atoms with Gasteiger partial charge in [-0.15, -0.1) is 0 Å². The van der Waals surface area contributed by atoms with E-state index >= 15 is 0 Å². The van der Waals surface area contributed by atoms with Gasteiger partial charge >= 0.3 is 0 Å². The van der Waals surface area contributed by atoms with Crippen LogP contribution in [-0.2, 0) is 6.54 Å². The van der Waals surface area contributed by atoms with Crippen LogP contribution in [0.4, 0.5) is 5.82 Å². The van der Waals surface area contributed by atoms with Crippen LogP contribution in [0, 0.1) is 0 Å². The molecule has 0 bridgehead atoms. The minimum Gasteiger partial charge on any atom is -0.382 e. The molecule has 0 aliphatic rings. The van der Waals surface area contributed by atoms with Crippen molar-refractivity contribution >= 4 is 5.82 Å². The van der Waals surface area contributed by atoms with E-state index in [4.69, 9.17) is 5.73 Å². The fourth-order valence-electron chi connectivity index (χ4n) is 0.742. The van der Waals surface area contributed by atoms with Crippen molar-refractivity contribution in [1.29, 1.82) is 0 Å². The third-order valence-corrected chi connectivity index (χ3v) is 1.09. The average Bonchev–Trinajstić information content (AvgIpc) is 2.13. The topological polar surface area (TPSA) is 43.8 Å². The summed E-state index contributed by atoms with van der Waals surface area (Å²) in [5.74, 6) is 0.557. The first kappa shape index (κ1) is 6.86. The number of nitrogens with zero attached hydrogens (tertiary/aromatic N) is 2. The average molecular weight is 137 g/mol. The predicted octanol–water partition coefficient (Wildman–Crippen LogP) is 1.04. The first-order valence-electron chi connectivity index (χ1n) is 3.12. The van der Waals surface area contributed by atoms with Crippen LogP contribution in [0.3, 0.4) is 0 Å². The van der Waals surface area contributed by atoms with Crippen LogP contribution in [0.25, 0.3) is 0 Å². The lowest BCUT2D eigenvalue weighted by molar-refractivity contribution is 0.682. The molecule has 0 radical (unpaired) electrons. The van der Waals surface area contributed by atoms with Crippen LogP contribution < -0.4 is 5.73 Å². The molecule has 0 saturated carbocycles. The number of allylic oxidation sites excluding steroid dienone is 1. The van der Waals surface area contributed by atoms with Crippen LogP contribution in [-0.4, -0.2) is 9.78 Å². The normalized spacial score (nSPS) is 9.70. The zero-order valence-electron chi connectivity index (χ0n) is 6.04. The van der Waals surface area contributed by atoms with Crippen molar-refractivity contribution in [1.82, 2.24) is 9.78 Å². The Bertz CT molecular complexity index is 237. The van der Waals surface area contributed by atoms with E-state index in [0.29, 0.717) is 5.82 Å². The molecule has 10 heavy (non-hydrogen) atoms. The van der Waals surface area contributed by atoms with Gasteiger partial charge in [0.25, 0.3) is 0 Å². The zero-order chi connectivity index (χ0) is 7.56. The molecule has 0 spiro atoms. The maximum Gasteiger partial charge on any atom is 0.145 e. The second kappa shape index (κ2) is 2.56. The Hall–Kier alpha value is -1.25. The predicted molar refractivity (Wildman–Crippen MR) is 41.5 cm³/mol. The Morgan fingerprint density at radius 2 is 2.60 bits per heavy atom. The standard InChI is InChI=1S/C7H11N3/c1-6(2)5-10-4-3-7(8)9-10/h3-4H,1,5H2,2H3,(H2,8,9). The fraction of sp³-hybridized carbons (Fsp3) is 0.286. The van der Waals surface area contributed by atoms with Crippen molar-refractivity contribution < 1.29 is 0 Å². The summed E-state index contributed by atoms with van der Waals surface area (Å²) in [6.45, 7) is 6.46. The summed E-state index contributed by atoms with van der Waals surface area (Å²) in [4.78, 5) is 0. The molecule has 0 fully saturated rings. The molecule has 0 aliphatic carbocycles. The zero-order valence-corrected chi connectivity index (χ0v) is 6.04. The number of nitrogen functional groups attached to an aromatic ring is 1. The van der Waals surface area contributed by atoms with Gasteiger partial charge in [0.1, 0.15) is 5.82 Å². The van der Waals surface area contributed by atoms with Gasteiger partial charge in [0.15, 0.2) is 0 Å². The summed E-state index contributed by atoms with van der Waals surface area (Å²) < 4.78 is 1.76. The molecule has 2 N–H and O–H groups in total. The quantitative estimate of drug-likeness (QED) is 0.619. The van der Waals surface area contributed by atoms with Crippen molar-refractivity contribution in [3.05, 3.63) is 24.4 Å². The van der Waals surface area contributed by atoms with Crippen molar-refractivity contribution in [2.24, 2.45) is 0 Å². The second-order valence-corrected chi connectivity index (χ2v) is 2.40. The molecule has 0 atom stereocenters. The van der Waals surface area contributed by atoms with Crippen molar-refractivity contribution in [3.8, 4) is 0 Å². The molecule has 0 saturated heterocycles. The summed E-state index contributed by atoms with van der Waals surface area (Å²) >= 11 is 0. The highest BCUT2D eigenvalue weighted by molar-refractivity contribution is 5.23. The minimum atomic E-state index is 0.557. The van der Waals surface area contributed by atoms with Crippen molar-refractivity contribution in [2.75, 3.05) is 5.73 Å². The lowest BCUT2D eigenvalue weighted by atomic mass is 10.4. The van der Waals surface area contributed by atoms with Gasteiger partial charge in [-0.05, 0) is 13.0 Å². The highest BCUT2D eigenvalue weighted by Gasteiger charge is 1.92. The molecule has 0 unspecified atom stereocenters. The molecule has 0 amide bonds. The summed E-state index contributed by atoms with van der Waals surface area (Å²) in [6.07, 6.45) is 1.84. The molecular weight excluding hydrogens is 126 g/mol. The molecule has 0 aromatic carbocycles. The number of rotatable bonds is 2. The Kier molecular flexibility index (Phi) is 1.76. The third kappa shape index (κ3) is 1.62. The molecule has 3 heteroatoms. The Morgan fingerprint density at radius 3 is 3.00 bits per heavy atom. The van der Waals surface area contributed by atoms with Crippen molar-refractivity contribution in [2.45, 2.75) is 13.5 Å². The van der Waals surface area contributed by atoms with Gasteiger partial charge < -0.3 is 5.73 Å². The molecule has 1 heterocycles. The van der Waals surface area contributed by atoms with E-state index in [0.717, 1.165) is 12.1 Å². The largest absolute Gasteiger partial charge is 0.382 e. The summed E-state index contributed by atoms with van der Waals surface area (Å²) in [5.41, 5.74) is 6.47. The van der Waals surface area contributed by atoms with Gasteiger partial charge in [0.05, 0.1) is 6.54 Å². The van der Waals surface area contributed by atoms with E-state index in [2.05, 4.69) is 11.7 Å². The molecule has 54 valence electrons.